The number of nitrogens with zero attached hydrogens (tertiary/aromatic N) is 1. The zero-order valence-electron chi connectivity index (χ0n) is 17.4. The number of carbonyl (C=O) groups excluding carboxylic acids is 2. The van der Waals surface area contributed by atoms with Gasteiger partial charge in [0.15, 0.2) is 0 Å². The van der Waals surface area contributed by atoms with Crippen LogP contribution in [0.1, 0.15) is 22.0 Å². The lowest BCUT2D eigenvalue weighted by Crippen LogP contribution is -2.28. The fraction of sp³-hybridized carbons (Fsp3) is 0.167. The molecular weight excluding hydrogens is 450 g/mol. The summed E-state index contributed by atoms with van der Waals surface area (Å²) in [7, 11) is 3.07. The van der Waals surface area contributed by atoms with Crippen LogP contribution >= 0.6 is 22.9 Å². The summed E-state index contributed by atoms with van der Waals surface area (Å²) in [5.41, 5.74) is 1.06. The number of likely N-dealkylation sites (tertiary alicyclic amines) is 1. The van der Waals surface area contributed by atoms with Crippen molar-refractivity contribution in [2.75, 3.05) is 14.2 Å². The molecule has 1 fully saturated rings. The number of amides is 1. The molecule has 1 aliphatic rings. The SMILES string of the molecule is COc1ccc(CN2C(=O)C(=O)/C(=C(\O)c3cc(OC)ccc3Cl)C2c2cccs2)cc1. The van der Waals surface area contributed by atoms with Gasteiger partial charge in [0.2, 0.25) is 0 Å². The number of ether oxygens (including phenoxy) is 2. The van der Waals surface area contributed by atoms with E-state index in [1.165, 1.54) is 23.3 Å². The van der Waals surface area contributed by atoms with Gasteiger partial charge in [-0.05, 0) is 47.3 Å². The average molecular weight is 470 g/mol. The van der Waals surface area contributed by atoms with Crippen LogP contribution in [0.5, 0.6) is 11.5 Å². The predicted octanol–water partition coefficient (Wildman–Crippen LogP) is 5.04. The summed E-state index contributed by atoms with van der Waals surface area (Å²) in [6.07, 6.45) is 0. The molecule has 1 amide bonds. The van der Waals surface area contributed by atoms with E-state index in [2.05, 4.69) is 0 Å². The number of Topliss-reactive ketones (excluding diaryl/α,β-unsaturated/α-hetero) is 1. The van der Waals surface area contributed by atoms with Crippen molar-refractivity contribution in [1.29, 1.82) is 0 Å². The van der Waals surface area contributed by atoms with E-state index in [1.807, 2.05) is 29.6 Å². The van der Waals surface area contributed by atoms with Gasteiger partial charge in [0.05, 0.1) is 30.9 Å². The van der Waals surface area contributed by atoms with Gasteiger partial charge in [-0.2, -0.15) is 0 Å². The van der Waals surface area contributed by atoms with Gasteiger partial charge in [0, 0.05) is 17.0 Å². The van der Waals surface area contributed by atoms with Crippen LogP contribution in [0, 0.1) is 0 Å². The number of halogens is 1. The molecule has 0 saturated carbocycles. The molecule has 1 aliphatic heterocycles. The standard InChI is InChI=1S/C24H20ClNO5S/c1-30-15-7-5-14(6-8-15)13-26-21(19-4-3-11-32-19)20(23(28)24(26)29)22(27)17-12-16(31-2)9-10-18(17)25/h3-12,21,27H,13H2,1-2H3/b22-20-. The molecule has 8 heteroatoms. The molecule has 1 saturated heterocycles. The Morgan fingerprint density at radius 1 is 1.06 bits per heavy atom. The van der Waals surface area contributed by atoms with Crippen molar-refractivity contribution in [3.63, 3.8) is 0 Å². The molecule has 0 aliphatic carbocycles. The number of aliphatic hydroxyl groups is 1. The Hall–Kier alpha value is -3.29. The number of methoxy groups -OCH3 is 2. The van der Waals surface area contributed by atoms with Crippen molar-refractivity contribution in [3.8, 4) is 11.5 Å². The smallest absolute Gasteiger partial charge is 0.295 e. The van der Waals surface area contributed by atoms with Crippen LogP contribution in [0.4, 0.5) is 0 Å². The van der Waals surface area contributed by atoms with Gasteiger partial charge in [0.25, 0.3) is 11.7 Å². The molecule has 6 nitrogen and oxygen atoms in total. The maximum atomic E-state index is 13.1. The first kappa shape index (κ1) is 21.9. The van der Waals surface area contributed by atoms with Gasteiger partial charge in [0.1, 0.15) is 17.3 Å². The molecule has 4 rings (SSSR count). The van der Waals surface area contributed by atoms with Crippen LogP contribution in [0.15, 0.2) is 65.6 Å². The molecule has 1 N–H and O–H groups in total. The topological polar surface area (TPSA) is 76.1 Å². The minimum Gasteiger partial charge on any atom is -0.507 e. The molecular formula is C24H20ClNO5S. The Bertz CT molecular complexity index is 1190. The van der Waals surface area contributed by atoms with E-state index in [0.717, 1.165) is 10.4 Å². The number of hydrogen-bond acceptors (Lipinski definition) is 6. The highest BCUT2D eigenvalue weighted by atomic mass is 35.5. The molecule has 0 radical (unpaired) electrons. The molecule has 1 unspecified atom stereocenters. The average Bonchev–Trinajstić information content (AvgIpc) is 3.42. The summed E-state index contributed by atoms with van der Waals surface area (Å²) in [5, 5.41) is 13.3. The number of benzene rings is 2. The zero-order valence-corrected chi connectivity index (χ0v) is 18.9. The number of hydrogen-bond donors (Lipinski definition) is 1. The Kier molecular flexibility index (Phi) is 6.21. The zero-order chi connectivity index (χ0) is 22.8. The summed E-state index contributed by atoms with van der Waals surface area (Å²) in [6, 6.07) is 15.0. The third-order valence-electron chi connectivity index (χ3n) is 5.29. The van der Waals surface area contributed by atoms with Crippen LogP contribution in [-0.2, 0) is 16.1 Å². The fourth-order valence-corrected chi connectivity index (χ4v) is 4.72. The van der Waals surface area contributed by atoms with Gasteiger partial charge < -0.3 is 19.5 Å². The second-order valence-corrected chi connectivity index (χ2v) is 8.52. The van der Waals surface area contributed by atoms with Crippen LogP contribution in [-0.4, -0.2) is 35.9 Å². The molecule has 1 aromatic heterocycles. The number of thiophene rings is 1. The second kappa shape index (κ2) is 9.06. The molecule has 1 atom stereocenters. The molecule has 32 heavy (non-hydrogen) atoms. The van der Waals surface area contributed by atoms with Crippen LogP contribution in [0.2, 0.25) is 5.02 Å². The first-order chi connectivity index (χ1) is 15.4. The van der Waals surface area contributed by atoms with Crippen molar-refractivity contribution in [3.05, 3.63) is 86.6 Å². The van der Waals surface area contributed by atoms with Gasteiger partial charge in [-0.25, -0.2) is 0 Å². The lowest BCUT2D eigenvalue weighted by Gasteiger charge is -2.24. The van der Waals surface area contributed by atoms with E-state index in [4.69, 9.17) is 21.1 Å². The number of aliphatic hydroxyl groups excluding tert-OH is 1. The van der Waals surface area contributed by atoms with Crippen molar-refractivity contribution in [2.24, 2.45) is 0 Å². The Balaban J connectivity index is 1.82. The Morgan fingerprint density at radius 3 is 2.38 bits per heavy atom. The van der Waals surface area contributed by atoms with Crippen molar-refractivity contribution >= 4 is 40.4 Å². The monoisotopic (exact) mass is 469 g/mol. The predicted molar refractivity (Wildman–Crippen MR) is 123 cm³/mol. The third kappa shape index (κ3) is 3.97. The van der Waals surface area contributed by atoms with Gasteiger partial charge in [-0.15, -0.1) is 11.3 Å². The van der Waals surface area contributed by atoms with Gasteiger partial charge in [-0.3, -0.25) is 9.59 Å². The molecule has 0 spiro atoms. The third-order valence-corrected chi connectivity index (χ3v) is 6.55. The van der Waals surface area contributed by atoms with E-state index in [0.29, 0.717) is 11.5 Å². The molecule has 0 bridgehead atoms. The highest BCUT2D eigenvalue weighted by Gasteiger charge is 2.46. The number of carbonyl (C=O) groups is 2. The van der Waals surface area contributed by atoms with Crippen molar-refractivity contribution < 1.29 is 24.2 Å². The number of rotatable bonds is 6. The van der Waals surface area contributed by atoms with E-state index < -0.39 is 17.7 Å². The highest BCUT2D eigenvalue weighted by Crippen LogP contribution is 2.43. The van der Waals surface area contributed by atoms with Gasteiger partial charge in [-0.1, -0.05) is 29.8 Å². The maximum Gasteiger partial charge on any atom is 0.295 e. The minimum atomic E-state index is -0.756. The first-order valence-electron chi connectivity index (χ1n) is 9.73. The Morgan fingerprint density at radius 2 is 1.75 bits per heavy atom. The van der Waals surface area contributed by atoms with E-state index in [1.54, 1.807) is 37.4 Å². The summed E-state index contributed by atoms with van der Waals surface area (Å²) >= 11 is 7.71. The van der Waals surface area contributed by atoms with E-state index >= 15 is 0 Å². The van der Waals surface area contributed by atoms with Gasteiger partial charge >= 0.3 is 0 Å². The molecule has 2 heterocycles. The van der Waals surface area contributed by atoms with E-state index in [9.17, 15) is 14.7 Å². The lowest BCUT2D eigenvalue weighted by molar-refractivity contribution is -0.140. The summed E-state index contributed by atoms with van der Waals surface area (Å²) < 4.78 is 10.4. The molecule has 3 aromatic rings. The Labute approximate surface area is 194 Å². The van der Waals surface area contributed by atoms with Crippen LogP contribution in [0.3, 0.4) is 0 Å². The first-order valence-corrected chi connectivity index (χ1v) is 11.0. The highest BCUT2D eigenvalue weighted by molar-refractivity contribution is 7.10. The second-order valence-electron chi connectivity index (χ2n) is 7.14. The van der Waals surface area contributed by atoms with Crippen molar-refractivity contribution in [1.82, 2.24) is 4.90 Å². The fourth-order valence-electron chi connectivity index (χ4n) is 3.67. The quantitative estimate of drug-likeness (QED) is 0.311. The van der Waals surface area contributed by atoms with Crippen LogP contribution in [0.25, 0.3) is 5.76 Å². The van der Waals surface area contributed by atoms with E-state index in [-0.39, 0.29) is 28.5 Å². The largest absolute Gasteiger partial charge is 0.507 e. The minimum absolute atomic E-state index is 0.00103. The summed E-state index contributed by atoms with van der Waals surface area (Å²) in [6.45, 7) is 0.194. The maximum absolute atomic E-state index is 13.1. The summed E-state index contributed by atoms with van der Waals surface area (Å²) in [5.74, 6) is -0.606. The number of ketones is 1. The lowest BCUT2D eigenvalue weighted by atomic mass is 9.99. The summed E-state index contributed by atoms with van der Waals surface area (Å²) in [4.78, 5) is 28.4. The van der Waals surface area contributed by atoms with Crippen LogP contribution < -0.4 is 9.47 Å². The normalized spacial score (nSPS) is 17.6. The van der Waals surface area contributed by atoms with Crippen molar-refractivity contribution in [2.45, 2.75) is 12.6 Å². The molecule has 2 aromatic carbocycles. The molecule has 164 valence electrons.